The number of carbonyl (C=O) groups excluding carboxylic acids is 2. The van der Waals surface area contributed by atoms with Crippen molar-refractivity contribution in [2.45, 2.75) is 0 Å². The van der Waals surface area contributed by atoms with E-state index in [4.69, 9.17) is 4.74 Å². The van der Waals surface area contributed by atoms with E-state index in [0.29, 0.717) is 5.56 Å². The van der Waals surface area contributed by atoms with E-state index in [1.165, 1.54) is 6.08 Å². The molecule has 1 aromatic carbocycles. The standard InChI is InChI=1S/C15H11BrO3S/c16-13-3-1-2-12(8-13)14(17)9-19-15(18)5-4-11-6-7-20-10-11/h1-8,10H,9H2. The van der Waals surface area contributed by atoms with Crippen molar-refractivity contribution >= 4 is 45.1 Å². The molecule has 0 atom stereocenters. The molecule has 102 valence electrons. The summed E-state index contributed by atoms with van der Waals surface area (Å²) in [6.07, 6.45) is 2.97. The first-order valence-electron chi connectivity index (χ1n) is 5.81. The monoisotopic (exact) mass is 350 g/mol. The van der Waals surface area contributed by atoms with Gasteiger partial charge in [-0.1, -0.05) is 28.1 Å². The van der Waals surface area contributed by atoms with E-state index in [-0.39, 0.29) is 12.4 Å². The highest BCUT2D eigenvalue weighted by atomic mass is 79.9. The molecule has 3 nitrogen and oxygen atoms in total. The van der Waals surface area contributed by atoms with Gasteiger partial charge in [-0.25, -0.2) is 4.79 Å². The van der Waals surface area contributed by atoms with E-state index in [0.717, 1.165) is 10.0 Å². The molecule has 0 bridgehead atoms. The van der Waals surface area contributed by atoms with Gasteiger partial charge in [-0.3, -0.25) is 4.79 Å². The maximum absolute atomic E-state index is 11.8. The second-order valence-electron chi connectivity index (χ2n) is 3.93. The molecular weight excluding hydrogens is 340 g/mol. The van der Waals surface area contributed by atoms with Gasteiger partial charge in [0.25, 0.3) is 0 Å². The maximum Gasteiger partial charge on any atom is 0.331 e. The predicted molar refractivity (Wildman–Crippen MR) is 82.8 cm³/mol. The molecule has 20 heavy (non-hydrogen) atoms. The van der Waals surface area contributed by atoms with Gasteiger partial charge in [0.1, 0.15) is 0 Å². The van der Waals surface area contributed by atoms with Gasteiger partial charge in [0.15, 0.2) is 12.4 Å². The largest absolute Gasteiger partial charge is 0.454 e. The number of thiophene rings is 1. The Bertz CT molecular complexity index is 632. The average molecular weight is 351 g/mol. The van der Waals surface area contributed by atoms with Crippen LogP contribution in [0.1, 0.15) is 15.9 Å². The number of hydrogen-bond donors (Lipinski definition) is 0. The van der Waals surface area contributed by atoms with Crippen LogP contribution in [-0.2, 0) is 9.53 Å². The molecule has 0 unspecified atom stereocenters. The lowest BCUT2D eigenvalue weighted by molar-refractivity contribution is -0.136. The summed E-state index contributed by atoms with van der Waals surface area (Å²) in [5, 5.41) is 3.83. The van der Waals surface area contributed by atoms with Crippen molar-refractivity contribution in [2.75, 3.05) is 6.61 Å². The summed E-state index contributed by atoms with van der Waals surface area (Å²) in [5.74, 6) is -0.761. The minimum atomic E-state index is -0.528. The molecule has 0 aliphatic rings. The first-order chi connectivity index (χ1) is 9.65. The Kier molecular flexibility index (Phi) is 5.26. The van der Waals surface area contributed by atoms with Crippen LogP contribution in [0.15, 0.2) is 51.6 Å². The number of esters is 1. The third kappa shape index (κ3) is 4.43. The minimum Gasteiger partial charge on any atom is -0.454 e. The van der Waals surface area contributed by atoms with Crippen LogP contribution in [0.5, 0.6) is 0 Å². The smallest absolute Gasteiger partial charge is 0.331 e. The molecule has 1 heterocycles. The maximum atomic E-state index is 11.8. The Morgan fingerprint density at radius 3 is 2.85 bits per heavy atom. The van der Waals surface area contributed by atoms with Crippen LogP contribution < -0.4 is 0 Å². The van der Waals surface area contributed by atoms with Crippen molar-refractivity contribution in [3.63, 3.8) is 0 Å². The van der Waals surface area contributed by atoms with Gasteiger partial charge in [0, 0.05) is 16.1 Å². The summed E-state index contributed by atoms with van der Waals surface area (Å²) >= 11 is 4.83. The number of carbonyl (C=O) groups is 2. The number of benzene rings is 1. The van der Waals surface area contributed by atoms with Crippen molar-refractivity contribution in [1.82, 2.24) is 0 Å². The summed E-state index contributed by atoms with van der Waals surface area (Å²) in [7, 11) is 0. The lowest BCUT2D eigenvalue weighted by Gasteiger charge is -2.02. The summed E-state index contributed by atoms with van der Waals surface area (Å²) < 4.78 is 5.72. The molecule has 0 radical (unpaired) electrons. The number of rotatable bonds is 5. The summed E-state index contributed by atoms with van der Waals surface area (Å²) in [6, 6.07) is 8.85. The molecule has 0 N–H and O–H groups in total. The van der Waals surface area contributed by atoms with Gasteiger partial charge in [-0.2, -0.15) is 11.3 Å². The van der Waals surface area contributed by atoms with E-state index < -0.39 is 5.97 Å². The topological polar surface area (TPSA) is 43.4 Å². The number of halogens is 1. The number of ether oxygens (including phenoxy) is 1. The van der Waals surface area contributed by atoms with Crippen LogP contribution >= 0.6 is 27.3 Å². The third-order valence-corrected chi connectivity index (χ3v) is 3.64. The first kappa shape index (κ1) is 14.7. The normalized spacial score (nSPS) is 10.7. The minimum absolute atomic E-state index is 0.233. The molecule has 0 aliphatic heterocycles. The number of hydrogen-bond acceptors (Lipinski definition) is 4. The van der Waals surface area contributed by atoms with Crippen molar-refractivity contribution in [2.24, 2.45) is 0 Å². The van der Waals surface area contributed by atoms with Crippen molar-refractivity contribution in [3.05, 3.63) is 62.8 Å². The van der Waals surface area contributed by atoms with Crippen LogP contribution in [0.3, 0.4) is 0 Å². The zero-order chi connectivity index (χ0) is 14.4. The average Bonchev–Trinajstić information content (AvgIpc) is 2.95. The van der Waals surface area contributed by atoms with Crippen molar-refractivity contribution in [1.29, 1.82) is 0 Å². The summed E-state index contributed by atoms with van der Waals surface area (Å²) in [4.78, 5) is 23.3. The molecule has 5 heteroatoms. The van der Waals surface area contributed by atoms with E-state index >= 15 is 0 Å². The van der Waals surface area contributed by atoms with Gasteiger partial charge in [0.2, 0.25) is 0 Å². The molecule has 0 aliphatic carbocycles. The summed E-state index contributed by atoms with van der Waals surface area (Å²) in [5.41, 5.74) is 1.44. The van der Waals surface area contributed by atoms with Gasteiger partial charge in [-0.15, -0.1) is 0 Å². The molecule has 0 amide bonds. The quantitative estimate of drug-likeness (QED) is 0.465. The molecule has 0 fully saturated rings. The Hall–Kier alpha value is -1.72. The van der Waals surface area contributed by atoms with Crippen LogP contribution in [0.25, 0.3) is 6.08 Å². The van der Waals surface area contributed by atoms with Gasteiger partial charge in [0.05, 0.1) is 0 Å². The highest BCUT2D eigenvalue weighted by Crippen LogP contribution is 2.12. The van der Waals surface area contributed by atoms with Crippen LogP contribution in [0, 0.1) is 0 Å². The lowest BCUT2D eigenvalue weighted by Crippen LogP contribution is -2.12. The Morgan fingerprint density at radius 1 is 1.30 bits per heavy atom. The Labute approximate surface area is 129 Å². The first-order valence-corrected chi connectivity index (χ1v) is 7.54. The predicted octanol–water partition coefficient (Wildman–Crippen LogP) is 3.95. The highest BCUT2D eigenvalue weighted by Gasteiger charge is 2.08. The fourth-order valence-corrected chi connectivity index (χ4v) is 2.49. The van der Waals surface area contributed by atoms with Gasteiger partial charge >= 0.3 is 5.97 Å². The fraction of sp³-hybridized carbons (Fsp3) is 0.0667. The van der Waals surface area contributed by atoms with Crippen LogP contribution in [0.2, 0.25) is 0 Å². The molecule has 2 aromatic rings. The molecule has 0 saturated heterocycles. The van der Waals surface area contributed by atoms with Crippen LogP contribution in [0.4, 0.5) is 0 Å². The van der Waals surface area contributed by atoms with Crippen molar-refractivity contribution < 1.29 is 14.3 Å². The number of Topliss-reactive ketones (excluding diaryl/α,β-unsaturated/α-hetero) is 1. The Balaban J connectivity index is 1.86. The lowest BCUT2D eigenvalue weighted by atomic mass is 10.1. The van der Waals surface area contributed by atoms with Crippen LogP contribution in [-0.4, -0.2) is 18.4 Å². The molecule has 0 spiro atoms. The van der Waals surface area contributed by atoms with Gasteiger partial charge < -0.3 is 4.74 Å². The second kappa shape index (κ2) is 7.17. The van der Waals surface area contributed by atoms with E-state index in [1.807, 2.05) is 22.9 Å². The molecule has 2 rings (SSSR count). The van der Waals surface area contributed by atoms with E-state index in [2.05, 4.69) is 15.9 Å². The van der Waals surface area contributed by atoms with Crippen molar-refractivity contribution in [3.8, 4) is 0 Å². The SMILES string of the molecule is O=C(C=Cc1ccsc1)OCC(=O)c1cccc(Br)c1. The molecule has 0 saturated carbocycles. The second-order valence-corrected chi connectivity index (χ2v) is 5.63. The van der Waals surface area contributed by atoms with E-state index in [9.17, 15) is 9.59 Å². The zero-order valence-electron chi connectivity index (χ0n) is 10.4. The molecule has 1 aromatic heterocycles. The highest BCUT2D eigenvalue weighted by molar-refractivity contribution is 9.10. The zero-order valence-corrected chi connectivity index (χ0v) is 12.8. The fourth-order valence-electron chi connectivity index (χ4n) is 1.46. The van der Waals surface area contributed by atoms with E-state index in [1.54, 1.807) is 35.6 Å². The third-order valence-electron chi connectivity index (χ3n) is 2.45. The summed E-state index contributed by atoms with van der Waals surface area (Å²) in [6.45, 7) is -0.261. The van der Waals surface area contributed by atoms with Gasteiger partial charge in [-0.05, 0) is 40.6 Å². The molecular formula is C15H11BrO3S. The Morgan fingerprint density at radius 2 is 2.15 bits per heavy atom. The number of ketones is 1.